The number of benzene rings is 2. The van der Waals surface area contributed by atoms with Crippen LogP contribution in [0.1, 0.15) is 35.8 Å². The van der Waals surface area contributed by atoms with Crippen molar-refractivity contribution in [3.63, 3.8) is 0 Å². The van der Waals surface area contributed by atoms with Crippen molar-refractivity contribution in [3.05, 3.63) is 77.5 Å². The molecule has 0 fully saturated rings. The Morgan fingerprint density at radius 2 is 1.84 bits per heavy atom. The van der Waals surface area contributed by atoms with Crippen LogP contribution in [0, 0.1) is 11.3 Å². The fraction of sp³-hybridized carbons (Fsp3) is 0.150. The molecule has 5 heteroatoms. The van der Waals surface area contributed by atoms with Crippen LogP contribution in [0.3, 0.4) is 0 Å². The highest BCUT2D eigenvalue weighted by Gasteiger charge is 2.11. The lowest BCUT2D eigenvalue weighted by atomic mass is 10.1. The summed E-state index contributed by atoms with van der Waals surface area (Å²) in [6, 6.07) is 18.1. The van der Waals surface area contributed by atoms with Crippen molar-refractivity contribution in [1.82, 2.24) is 5.32 Å². The summed E-state index contributed by atoms with van der Waals surface area (Å²) in [4.78, 5) is 23.6. The van der Waals surface area contributed by atoms with Gasteiger partial charge >= 0.3 is 0 Å². The molecule has 0 radical (unpaired) electrons. The Morgan fingerprint density at radius 1 is 1.12 bits per heavy atom. The first-order chi connectivity index (χ1) is 12.0. The monoisotopic (exact) mass is 333 g/mol. The molecule has 0 aliphatic carbocycles. The highest BCUT2D eigenvalue weighted by Crippen LogP contribution is 2.14. The highest BCUT2D eigenvalue weighted by atomic mass is 16.1. The van der Waals surface area contributed by atoms with Crippen molar-refractivity contribution in [1.29, 1.82) is 5.26 Å². The number of nitrogens with one attached hydrogen (secondary N) is 2. The van der Waals surface area contributed by atoms with Crippen LogP contribution in [0.5, 0.6) is 0 Å². The lowest BCUT2D eigenvalue weighted by molar-refractivity contribution is -0.112. The van der Waals surface area contributed by atoms with Crippen molar-refractivity contribution in [2.24, 2.45) is 0 Å². The molecule has 126 valence electrons. The Kier molecular flexibility index (Phi) is 6.08. The van der Waals surface area contributed by atoms with Gasteiger partial charge in [-0.3, -0.25) is 9.59 Å². The third kappa shape index (κ3) is 5.05. The van der Waals surface area contributed by atoms with Gasteiger partial charge in [-0.2, -0.15) is 5.26 Å². The molecule has 1 amide bonds. The smallest absolute Gasteiger partial charge is 0.267 e. The number of carbonyl (C=O) groups excluding carboxylic acids is 2. The van der Waals surface area contributed by atoms with E-state index in [1.807, 2.05) is 43.3 Å². The molecular weight excluding hydrogens is 314 g/mol. The maximum Gasteiger partial charge on any atom is 0.267 e. The number of amides is 1. The van der Waals surface area contributed by atoms with E-state index in [1.54, 1.807) is 24.3 Å². The lowest BCUT2D eigenvalue weighted by Gasteiger charge is -2.12. The second-order valence-corrected chi connectivity index (χ2v) is 5.56. The Bertz CT molecular complexity index is 836. The summed E-state index contributed by atoms with van der Waals surface area (Å²) in [6.07, 6.45) is 1.40. The van der Waals surface area contributed by atoms with Crippen LogP contribution < -0.4 is 10.6 Å². The predicted octanol–water partition coefficient (Wildman–Crippen LogP) is 3.59. The molecular formula is C20H19N3O2. The molecule has 2 aromatic rings. The van der Waals surface area contributed by atoms with Gasteiger partial charge in [0.1, 0.15) is 11.6 Å². The summed E-state index contributed by atoms with van der Waals surface area (Å²) in [5, 5.41) is 14.9. The summed E-state index contributed by atoms with van der Waals surface area (Å²) >= 11 is 0. The average molecular weight is 333 g/mol. The van der Waals surface area contributed by atoms with E-state index < -0.39 is 5.91 Å². The molecule has 0 saturated carbocycles. The minimum absolute atomic E-state index is 0.0432. The fourth-order valence-electron chi connectivity index (χ4n) is 2.21. The summed E-state index contributed by atoms with van der Waals surface area (Å²) in [7, 11) is 0. The molecule has 0 spiro atoms. The minimum atomic E-state index is -0.532. The van der Waals surface area contributed by atoms with Crippen LogP contribution >= 0.6 is 0 Å². The maximum atomic E-state index is 12.2. The zero-order valence-corrected chi connectivity index (χ0v) is 14.1. The number of carbonyl (C=O) groups is 2. The van der Waals surface area contributed by atoms with Gasteiger partial charge in [-0.05, 0) is 31.5 Å². The van der Waals surface area contributed by atoms with E-state index in [2.05, 4.69) is 10.6 Å². The van der Waals surface area contributed by atoms with Gasteiger partial charge in [0.2, 0.25) is 0 Å². The van der Waals surface area contributed by atoms with Crippen LogP contribution in [0.2, 0.25) is 0 Å². The van der Waals surface area contributed by atoms with E-state index >= 15 is 0 Å². The summed E-state index contributed by atoms with van der Waals surface area (Å²) in [5.74, 6) is -0.624. The molecule has 0 aromatic heterocycles. The van der Waals surface area contributed by atoms with Gasteiger partial charge in [0.15, 0.2) is 5.78 Å². The quantitative estimate of drug-likeness (QED) is 0.481. The van der Waals surface area contributed by atoms with Crippen molar-refractivity contribution >= 4 is 17.4 Å². The van der Waals surface area contributed by atoms with Gasteiger partial charge in [0.25, 0.3) is 5.91 Å². The first-order valence-electron chi connectivity index (χ1n) is 7.85. The van der Waals surface area contributed by atoms with E-state index in [9.17, 15) is 14.9 Å². The van der Waals surface area contributed by atoms with E-state index in [1.165, 1.54) is 13.1 Å². The maximum absolute atomic E-state index is 12.2. The van der Waals surface area contributed by atoms with E-state index in [-0.39, 0.29) is 17.4 Å². The Hall–Kier alpha value is -3.39. The van der Waals surface area contributed by atoms with Crippen molar-refractivity contribution < 1.29 is 9.59 Å². The topological polar surface area (TPSA) is 82.0 Å². The Balaban J connectivity index is 2.07. The number of hydrogen-bond donors (Lipinski definition) is 2. The van der Waals surface area contributed by atoms with Gasteiger partial charge < -0.3 is 10.6 Å². The number of anilines is 1. The van der Waals surface area contributed by atoms with E-state index in [0.29, 0.717) is 11.3 Å². The van der Waals surface area contributed by atoms with Gasteiger partial charge in [0.05, 0.1) is 0 Å². The number of Topliss-reactive ketones (excluding diaryl/α,β-unsaturated/α-hetero) is 1. The molecule has 1 atom stereocenters. The number of rotatable bonds is 6. The van der Waals surface area contributed by atoms with E-state index in [4.69, 9.17) is 0 Å². The first-order valence-corrected chi connectivity index (χ1v) is 7.85. The molecule has 1 unspecified atom stereocenters. The highest BCUT2D eigenvalue weighted by molar-refractivity contribution is 6.07. The molecule has 0 aliphatic rings. The second kappa shape index (κ2) is 8.46. The normalized spacial score (nSPS) is 12.0. The van der Waals surface area contributed by atoms with Crippen molar-refractivity contribution in [2.45, 2.75) is 19.9 Å². The van der Waals surface area contributed by atoms with Gasteiger partial charge in [0, 0.05) is 23.5 Å². The lowest BCUT2D eigenvalue weighted by Crippen LogP contribution is -2.18. The number of hydrogen-bond acceptors (Lipinski definition) is 4. The Morgan fingerprint density at radius 3 is 2.48 bits per heavy atom. The van der Waals surface area contributed by atoms with Crippen LogP contribution in [0.25, 0.3) is 0 Å². The molecule has 0 heterocycles. The molecule has 2 N–H and O–H groups in total. The Labute approximate surface area is 147 Å². The number of nitriles is 1. The zero-order valence-electron chi connectivity index (χ0n) is 14.1. The standard InChI is InChI=1S/C20H19N3O2/c1-14(16-7-4-3-5-8-16)22-13-18(12-21)20(25)23-19-10-6-9-17(11-19)15(2)24/h3-11,13-14,22H,1-2H3,(H,23,25)/b18-13-. The van der Waals surface area contributed by atoms with Crippen LogP contribution in [-0.2, 0) is 4.79 Å². The molecule has 2 aromatic carbocycles. The SMILES string of the molecule is CC(=O)c1cccc(NC(=O)/C(C#N)=C\NC(C)c2ccccc2)c1. The van der Waals surface area contributed by atoms with Crippen LogP contribution in [0.15, 0.2) is 66.4 Å². The zero-order chi connectivity index (χ0) is 18.2. The van der Waals surface area contributed by atoms with E-state index in [0.717, 1.165) is 5.56 Å². The third-order valence-corrected chi connectivity index (χ3v) is 3.67. The molecule has 25 heavy (non-hydrogen) atoms. The summed E-state index contributed by atoms with van der Waals surface area (Å²) < 4.78 is 0. The summed E-state index contributed by atoms with van der Waals surface area (Å²) in [5.41, 5.74) is 1.97. The molecule has 2 rings (SSSR count). The van der Waals surface area contributed by atoms with Crippen molar-refractivity contribution in [3.8, 4) is 6.07 Å². The first kappa shape index (κ1) is 18.0. The van der Waals surface area contributed by atoms with Crippen LogP contribution in [-0.4, -0.2) is 11.7 Å². The molecule has 0 bridgehead atoms. The average Bonchev–Trinajstić information content (AvgIpc) is 2.63. The van der Waals surface area contributed by atoms with Gasteiger partial charge in [-0.15, -0.1) is 0 Å². The molecule has 0 aliphatic heterocycles. The molecule has 5 nitrogen and oxygen atoms in total. The van der Waals surface area contributed by atoms with Gasteiger partial charge in [-0.25, -0.2) is 0 Å². The van der Waals surface area contributed by atoms with Gasteiger partial charge in [-0.1, -0.05) is 42.5 Å². The predicted molar refractivity (Wildman–Crippen MR) is 96.8 cm³/mol. The third-order valence-electron chi connectivity index (χ3n) is 3.67. The fourth-order valence-corrected chi connectivity index (χ4v) is 2.21. The largest absolute Gasteiger partial charge is 0.383 e. The second-order valence-electron chi connectivity index (χ2n) is 5.56. The number of ketones is 1. The van der Waals surface area contributed by atoms with Crippen molar-refractivity contribution in [2.75, 3.05) is 5.32 Å². The summed E-state index contributed by atoms with van der Waals surface area (Å²) in [6.45, 7) is 3.39. The number of nitrogens with zero attached hydrogens (tertiary/aromatic N) is 1. The molecule has 0 saturated heterocycles. The van der Waals surface area contributed by atoms with Crippen LogP contribution in [0.4, 0.5) is 5.69 Å². The minimum Gasteiger partial charge on any atom is -0.383 e.